The molecule has 0 radical (unpaired) electrons. The van der Waals surface area contributed by atoms with E-state index in [1.165, 1.54) is 11.9 Å². The summed E-state index contributed by atoms with van der Waals surface area (Å²) in [5, 5.41) is 4.37. The van der Waals surface area contributed by atoms with E-state index in [1.54, 1.807) is 0 Å². The van der Waals surface area contributed by atoms with Crippen molar-refractivity contribution in [3.63, 3.8) is 0 Å². The van der Waals surface area contributed by atoms with Crippen molar-refractivity contribution in [2.24, 2.45) is 0 Å². The van der Waals surface area contributed by atoms with Gasteiger partial charge in [-0.15, -0.1) is 0 Å². The number of imide groups is 1. The molecule has 0 saturated carbocycles. The van der Waals surface area contributed by atoms with Crippen LogP contribution in [0.25, 0.3) is 0 Å². The Hall–Kier alpha value is -1.64. The number of amides is 4. The molecule has 4 amide bonds. The van der Waals surface area contributed by atoms with Crippen LogP contribution in [0, 0.1) is 0 Å². The third-order valence-corrected chi connectivity index (χ3v) is 5.14. The monoisotopic (exact) mass is 289 g/mol. The van der Waals surface area contributed by atoms with E-state index >= 15 is 0 Å². The van der Waals surface area contributed by atoms with E-state index in [0.717, 1.165) is 0 Å². The molecule has 0 unspecified atom stereocenters. The van der Waals surface area contributed by atoms with E-state index < -0.39 is 27.8 Å². The second-order valence-corrected chi connectivity index (χ2v) is 7.01. The van der Waals surface area contributed by atoms with Crippen LogP contribution in [0.3, 0.4) is 0 Å². The largest absolute Gasteiger partial charge is 0.342 e. The van der Waals surface area contributed by atoms with Crippen molar-refractivity contribution in [2.75, 3.05) is 18.6 Å². The van der Waals surface area contributed by atoms with Gasteiger partial charge in [-0.05, 0) is 6.42 Å². The summed E-state index contributed by atoms with van der Waals surface area (Å²) in [6.45, 7) is 0. The Kier molecular flexibility index (Phi) is 3.48. The summed E-state index contributed by atoms with van der Waals surface area (Å²) in [6, 6.07) is -1.84. The molecule has 19 heavy (non-hydrogen) atoms. The number of nitrogens with zero attached hydrogens (tertiary/aromatic N) is 1. The van der Waals surface area contributed by atoms with Crippen LogP contribution in [-0.4, -0.2) is 61.8 Å². The highest BCUT2D eigenvalue weighted by Crippen LogP contribution is 2.17. The lowest BCUT2D eigenvalue weighted by Crippen LogP contribution is -2.42. The summed E-state index contributed by atoms with van der Waals surface area (Å²) in [7, 11) is -1.55. The highest BCUT2D eigenvalue weighted by atomic mass is 32.2. The number of nitrogens with one attached hydrogen (secondary N) is 2. The van der Waals surface area contributed by atoms with E-state index in [9.17, 15) is 22.8 Å². The smallest absolute Gasteiger partial charge is 0.322 e. The zero-order chi connectivity index (χ0) is 14.2. The van der Waals surface area contributed by atoms with Crippen LogP contribution in [0.15, 0.2) is 0 Å². The van der Waals surface area contributed by atoms with Crippen LogP contribution < -0.4 is 10.6 Å². The van der Waals surface area contributed by atoms with Gasteiger partial charge >= 0.3 is 6.03 Å². The molecular formula is C10H15N3O5S. The lowest BCUT2D eigenvalue weighted by Gasteiger charge is -2.24. The van der Waals surface area contributed by atoms with Gasteiger partial charge in [0.05, 0.1) is 17.9 Å². The highest BCUT2D eigenvalue weighted by Gasteiger charge is 2.36. The summed E-state index contributed by atoms with van der Waals surface area (Å²) in [4.78, 5) is 35.5. The molecule has 8 nitrogen and oxygen atoms in total. The molecule has 2 rings (SSSR count). The Morgan fingerprint density at radius 2 is 2.11 bits per heavy atom. The minimum Gasteiger partial charge on any atom is -0.342 e. The van der Waals surface area contributed by atoms with Crippen molar-refractivity contribution in [3.8, 4) is 0 Å². The standard InChI is InChI=1S/C10H15N3O5S/c1-13(6-2-3-19(17,18)5-6)8(14)4-7-9(15)12-10(16)11-7/h6-7H,2-5H2,1H3,(H2,11,12,15,16)/t6-,7-/m0/s1. The number of hydrogen-bond acceptors (Lipinski definition) is 5. The Morgan fingerprint density at radius 3 is 2.58 bits per heavy atom. The van der Waals surface area contributed by atoms with E-state index in [0.29, 0.717) is 6.42 Å². The molecule has 2 N–H and O–H groups in total. The minimum absolute atomic E-state index is 0.0432. The SMILES string of the molecule is CN(C(=O)C[C@@H]1NC(=O)NC1=O)[C@H]1CCS(=O)(=O)C1. The van der Waals surface area contributed by atoms with Gasteiger partial charge in [0.25, 0.3) is 5.91 Å². The van der Waals surface area contributed by atoms with Gasteiger partial charge in [0.2, 0.25) is 5.91 Å². The fourth-order valence-electron chi connectivity index (χ4n) is 2.21. The molecular weight excluding hydrogens is 274 g/mol. The molecule has 9 heteroatoms. The fraction of sp³-hybridized carbons (Fsp3) is 0.700. The summed E-state index contributed by atoms with van der Waals surface area (Å²) in [5.41, 5.74) is 0. The Labute approximate surface area is 110 Å². The first-order valence-electron chi connectivity index (χ1n) is 5.86. The van der Waals surface area contributed by atoms with Gasteiger partial charge in [-0.3, -0.25) is 14.9 Å². The average molecular weight is 289 g/mol. The van der Waals surface area contributed by atoms with Gasteiger partial charge in [-0.25, -0.2) is 13.2 Å². The first kappa shape index (κ1) is 13.8. The summed E-state index contributed by atoms with van der Waals surface area (Å²) in [5.74, 6) is -0.857. The predicted octanol–water partition coefficient (Wildman–Crippen LogP) is -1.77. The van der Waals surface area contributed by atoms with Crippen LogP contribution in [0.5, 0.6) is 0 Å². The van der Waals surface area contributed by atoms with E-state index in [-0.39, 0.29) is 29.9 Å². The Morgan fingerprint density at radius 1 is 1.42 bits per heavy atom. The molecule has 2 aliphatic rings. The summed E-state index contributed by atoms with van der Waals surface area (Å²) in [6.07, 6.45) is 0.248. The van der Waals surface area contributed by atoms with Gasteiger partial charge in [0.15, 0.2) is 9.84 Å². The van der Waals surface area contributed by atoms with Crippen molar-refractivity contribution in [1.82, 2.24) is 15.5 Å². The predicted molar refractivity (Wildman–Crippen MR) is 64.9 cm³/mol. The molecule has 2 atom stereocenters. The van der Waals surface area contributed by atoms with Crippen LogP contribution in [0.2, 0.25) is 0 Å². The van der Waals surface area contributed by atoms with Crippen molar-refractivity contribution >= 4 is 27.7 Å². The van der Waals surface area contributed by atoms with Crippen molar-refractivity contribution < 1.29 is 22.8 Å². The molecule has 0 aromatic heterocycles. The van der Waals surface area contributed by atoms with Gasteiger partial charge in [0, 0.05) is 13.1 Å². The van der Waals surface area contributed by atoms with E-state index in [1.807, 2.05) is 5.32 Å². The van der Waals surface area contributed by atoms with Crippen molar-refractivity contribution in [3.05, 3.63) is 0 Å². The van der Waals surface area contributed by atoms with Crippen LogP contribution in [0.4, 0.5) is 4.79 Å². The highest BCUT2D eigenvalue weighted by molar-refractivity contribution is 7.91. The number of carbonyl (C=O) groups excluding carboxylic acids is 3. The minimum atomic E-state index is -3.06. The number of sulfone groups is 1. The van der Waals surface area contributed by atoms with Gasteiger partial charge in [0.1, 0.15) is 6.04 Å². The molecule has 2 saturated heterocycles. The maximum absolute atomic E-state index is 11.9. The Bertz CT molecular complexity index is 529. The molecule has 0 aliphatic carbocycles. The lowest BCUT2D eigenvalue weighted by molar-refractivity contribution is -0.134. The van der Waals surface area contributed by atoms with E-state index in [2.05, 4.69) is 5.32 Å². The molecule has 2 aliphatic heterocycles. The maximum atomic E-state index is 11.9. The molecule has 106 valence electrons. The van der Waals surface area contributed by atoms with Crippen molar-refractivity contribution in [1.29, 1.82) is 0 Å². The lowest BCUT2D eigenvalue weighted by atomic mass is 10.1. The first-order valence-corrected chi connectivity index (χ1v) is 7.68. The van der Waals surface area contributed by atoms with Crippen LogP contribution >= 0.6 is 0 Å². The molecule has 0 aromatic rings. The number of urea groups is 1. The zero-order valence-electron chi connectivity index (χ0n) is 10.4. The molecule has 0 bridgehead atoms. The summed E-state index contributed by atoms with van der Waals surface area (Å²) < 4.78 is 22.7. The summed E-state index contributed by atoms with van der Waals surface area (Å²) >= 11 is 0. The quantitative estimate of drug-likeness (QED) is 0.597. The zero-order valence-corrected chi connectivity index (χ0v) is 11.2. The van der Waals surface area contributed by atoms with Crippen LogP contribution in [-0.2, 0) is 19.4 Å². The van der Waals surface area contributed by atoms with Crippen LogP contribution in [0.1, 0.15) is 12.8 Å². The average Bonchev–Trinajstić information content (AvgIpc) is 2.81. The molecule has 2 heterocycles. The molecule has 0 spiro atoms. The third kappa shape index (κ3) is 3.03. The van der Waals surface area contributed by atoms with Gasteiger partial charge in [-0.2, -0.15) is 0 Å². The second kappa shape index (κ2) is 4.80. The number of rotatable bonds is 3. The van der Waals surface area contributed by atoms with Gasteiger partial charge in [-0.1, -0.05) is 0 Å². The van der Waals surface area contributed by atoms with E-state index in [4.69, 9.17) is 0 Å². The fourth-order valence-corrected chi connectivity index (χ4v) is 3.98. The maximum Gasteiger partial charge on any atom is 0.322 e. The van der Waals surface area contributed by atoms with Gasteiger partial charge < -0.3 is 10.2 Å². The van der Waals surface area contributed by atoms with Crippen molar-refractivity contribution in [2.45, 2.75) is 24.9 Å². The first-order chi connectivity index (χ1) is 8.78. The molecule has 0 aromatic carbocycles. The number of hydrogen-bond donors (Lipinski definition) is 2. The number of carbonyl (C=O) groups is 3. The normalized spacial score (nSPS) is 28.9. The topological polar surface area (TPSA) is 113 Å². The third-order valence-electron chi connectivity index (χ3n) is 3.39. The Balaban J connectivity index is 1.93. The molecule has 2 fully saturated rings. The second-order valence-electron chi connectivity index (χ2n) is 4.78.